The zero-order chi connectivity index (χ0) is 19.4. The average Bonchev–Trinajstić information content (AvgIpc) is 3.08. The molecule has 0 radical (unpaired) electrons. The summed E-state index contributed by atoms with van der Waals surface area (Å²) in [4.78, 5) is 15.9. The molecular formula is C18H18N2O7. The van der Waals surface area contributed by atoms with Crippen molar-refractivity contribution in [2.24, 2.45) is 0 Å². The van der Waals surface area contributed by atoms with Gasteiger partial charge >= 0.3 is 0 Å². The van der Waals surface area contributed by atoms with Gasteiger partial charge in [0.25, 0.3) is 5.69 Å². The van der Waals surface area contributed by atoms with E-state index in [-0.39, 0.29) is 35.1 Å². The van der Waals surface area contributed by atoms with E-state index in [1.807, 2.05) is 0 Å². The van der Waals surface area contributed by atoms with Crippen LogP contribution in [0.1, 0.15) is 12.0 Å². The molecule has 1 aliphatic rings. The van der Waals surface area contributed by atoms with Crippen LogP contribution in [-0.4, -0.2) is 45.0 Å². The lowest BCUT2D eigenvalue weighted by molar-refractivity contribution is -0.384. The zero-order valence-electron chi connectivity index (χ0n) is 14.2. The Labute approximate surface area is 154 Å². The smallest absolute Gasteiger partial charge is 0.269 e. The number of aliphatic hydroxyl groups excluding tert-OH is 1. The van der Waals surface area contributed by atoms with Crippen LogP contribution in [0.3, 0.4) is 0 Å². The fourth-order valence-corrected chi connectivity index (χ4v) is 2.61. The lowest BCUT2D eigenvalue weighted by Crippen LogP contribution is -2.20. The van der Waals surface area contributed by atoms with Crippen molar-refractivity contribution in [1.29, 1.82) is 0 Å². The highest BCUT2D eigenvalue weighted by Crippen LogP contribution is 2.42. The van der Waals surface area contributed by atoms with Gasteiger partial charge in [-0.25, -0.2) is 0 Å². The number of hydrogen-bond donors (Lipinski definition) is 3. The summed E-state index contributed by atoms with van der Waals surface area (Å²) in [6.07, 6.45) is 2.28. The van der Waals surface area contributed by atoms with Crippen molar-refractivity contribution in [3.8, 4) is 23.0 Å². The maximum atomic E-state index is 10.7. The van der Waals surface area contributed by atoms with Crippen molar-refractivity contribution in [1.82, 2.24) is 5.06 Å². The minimum atomic E-state index is -0.520. The van der Waals surface area contributed by atoms with Gasteiger partial charge in [0.05, 0.1) is 11.5 Å². The summed E-state index contributed by atoms with van der Waals surface area (Å²) in [6.45, 7) is 1.01. The molecule has 2 aromatic carbocycles. The molecule has 9 nitrogen and oxygen atoms in total. The summed E-state index contributed by atoms with van der Waals surface area (Å²) >= 11 is 0. The van der Waals surface area contributed by atoms with E-state index in [2.05, 4.69) is 0 Å². The first kappa shape index (κ1) is 18.5. The molecule has 142 valence electrons. The highest BCUT2D eigenvalue weighted by Gasteiger charge is 2.24. The number of phenolic OH excluding ortho intramolecular Hbond substituents is 2. The molecule has 1 heterocycles. The number of aliphatic hydroxyl groups is 1. The Morgan fingerprint density at radius 2 is 1.96 bits per heavy atom. The fraction of sp³-hybridized carbons (Fsp3) is 0.222. The number of hydroxylamine groups is 2. The highest BCUT2D eigenvalue weighted by molar-refractivity contribution is 5.73. The fourth-order valence-electron chi connectivity index (χ4n) is 2.61. The molecule has 1 aliphatic heterocycles. The number of nitrogens with zero attached hydrogens (tertiary/aromatic N) is 2. The van der Waals surface area contributed by atoms with Crippen molar-refractivity contribution >= 4 is 11.4 Å². The largest absolute Gasteiger partial charge is 0.508 e. The Morgan fingerprint density at radius 1 is 1.22 bits per heavy atom. The van der Waals surface area contributed by atoms with E-state index in [0.29, 0.717) is 31.0 Å². The third kappa shape index (κ3) is 4.27. The maximum Gasteiger partial charge on any atom is 0.269 e. The summed E-state index contributed by atoms with van der Waals surface area (Å²) in [5.41, 5.74) is 0.167. The Bertz CT molecular complexity index is 865. The quantitative estimate of drug-likeness (QED) is 0.499. The van der Waals surface area contributed by atoms with E-state index >= 15 is 0 Å². The van der Waals surface area contributed by atoms with Crippen molar-refractivity contribution < 1.29 is 29.8 Å². The van der Waals surface area contributed by atoms with Gasteiger partial charge in [-0.3, -0.25) is 10.1 Å². The normalized spacial score (nSPS) is 13.9. The monoisotopic (exact) mass is 374 g/mol. The molecule has 0 aromatic heterocycles. The average molecular weight is 374 g/mol. The Hall–Kier alpha value is -3.30. The molecule has 0 aliphatic carbocycles. The van der Waals surface area contributed by atoms with E-state index in [9.17, 15) is 20.3 Å². The number of benzene rings is 2. The number of nitro benzene ring substituents is 1. The second kappa shape index (κ2) is 7.94. The van der Waals surface area contributed by atoms with E-state index in [1.54, 1.807) is 11.1 Å². The van der Waals surface area contributed by atoms with Crippen LogP contribution in [0.15, 0.2) is 42.5 Å². The molecule has 3 N–H and O–H groups in total. The Kier molecular flexibility index (Phi) is 5.43. The van der Waals surface area contributed by atoms with Crippen LogP contribution in [0.4, 0.5) is 5.69 Å². The summed E-state index contributed by atoms with van der Waals surface area (Å²) in [5, 5.41) is 41.4. The molecule has 0 amide bonds. The Balaban J connectivity index is 1.86. The summed E-state index contributed by atoms with van der Waals surface area (Å²) in [7, 11) is 0. The van der Waals surface area contributed by atoms with Gasteiger partial charge in [0, 0.05) is 37.4 Å². The van der Waals surface area contributed by atoms with Crippen molar-refractivity contribution in [3.05, 3.63) is 58.2 Å². The van der Waals surface area contributed by atoms with Gasteiger partial charge in [0.1, 0.15) is 28.6 Å². The van der Waals surface area contributed by atoms with Crippen LogP contribution < -0.4 is 4.74 Å². The Morgan fingerprint density at radius 3 is 2.63 bits per heavy atom. The molecule has 0 saturated heterocycles. The number of ether oxygens (including phenoxy) is 1. The summed E-state index contributed by atoms with van der Waals surface area (Å²) < 4.78 is 5.71. The number of phenols is 2. The second-order valence-electron chi connectivity index (χ2n) is 5.82. The third-order valence-electron chi connectivity index (χ3n) is 3.86. The van der Waals surface area contributed by atoms with Crippen LogP contribution in [-0.2, 0) is 4.84 Å². The van der Waals surface area contributed by atoms with Gasteiger partial charge in [-0.15, -0.1) is 5.06 Å². The topological polar surface area (TPSA) is 126 Å². The molecule has 2 aromatic rings. The summed E-state index contributed by atoms with van der Waals surface area (Å²) in [5.74, 6) is 0.340. The van der Waals surface area contributed by atoms with Crippen molar-refractivity contribution in [2.45, 2.75) is 6.42 Å². The molecule has 0 bridgehead atoms. The maximum absolute atomic E-state index is 10.7. The summed E-state index contributed by atoms with van der Waals surface area (Å²) in [6, 6.07) is 7.90. The lowest BCUT2D eigenvalue weighted by Gasteiger charge is -2.18. The number of nitro groups is 1. The number of rotatable bonds is 7. The van der Waals surface area contributed by atoms with Crippen molar-refractivity contribution in [2.75, 3.05) is 19.7 Å². The van der Waals surface area contributed by atoms with Crippen LogP contribution in [0, 0.1) is 10.1 Å². The molecule has 0 atom stereocenters. The first-order chi connectivity index (χ1) is 13.0. The standard InChI is InChI=1S/C18H18N2O7/c21-9-1-7-19-8-6-16(27-19)18-15(23)10-13(22)11-17(18)26-14-4-2-12(3-5-14)20(24)25/h2-6,10-11,21-23H,1,7-9H2. The number of hydrogen-bond acceptors (Lipinski definition) is 8. The van der Waals surface area contributed by atoms with Crippen molar-refractivity contribution in [3.63, 3.8) is 0 Å². The minimum absolute atomic E-state index is 0.0359. The van der Waals surface area contributed by atoms with Crippen LogP contribution in [0.2, 0.25) is 0 Å². The molecule has 0 fully saturated rings. The molecule has 27 heavy (non-hydrogen) atoms. The SMILES string of the molecule is O=[N+]([O-])c1ccc(Oc2cc(O)cc(O)c2C2=CCN(CCCO)O2)cc1. The second-order valence-corrected chi connectivity index (χ2v) is 5.82. The molecular weight excluding hydrogens is 356 g/mol. The van der Waals surface area contributed by atoms with Crippen LogP contribution >= 0.6 is 0 Å². The minimum Gasteiger partial charge on any atom is -0.508 e. The highest BCUT2D eigenvalue weighted by atomic mass is 16.7. The van der Waals surface area contributed by atoms with Gasteiger partial charge in [-0.1, -0.05) is 0 Å². The van der Waals surface area contributed by atoms with Crippen LogP contribution in [0.5, 0.6) is 23.0 Å². The van der Waals surface area contributed by atoms with E-state index in [1.165, 1.54) is 36.4 Å². The first-order valence-corrected chi connectivity index (χ1v) is 8.20. The van der Waals surface area contributed by atoms with Gasteiger partial charge in [-0.05, 0) is 24.6 Å². The molecule has 0 spiro atoms. The predicted octanol–water partition coefficient (Wildman–Crippen LogP) is 2.77. The molecule has 9 heteroatoms. The van der Waals surface area contributed by atoms with Gasteiger partial charge in [0.15, 0.2) is 5.76 Å². The zero-order valence-corrected chi connectivity index (χ0v) is 14.2. The predicted molar refractivity (Wildman–Crippen MR) is 95.3 cm³/mol. The van der Waals surface area contributed by atoms with E-state index in [4.69, 9.17) is 14.7 Å². The number of non-ortho nitro benzene ring substituents is 1. The molecule has 0 saturated carbocycles. The van der Waals surface area contributed by atoms with Crippen LogP contribution in [0.25, 0.3) is 5.76 Å². The molecule has 0 unspecified atom stereocenters. The van der Waals surface area contributed by atoms with Gasteiger partial charge < -0.3 is 24.9 Å². The van der Waals surface area contributed by atoms with Gasteiger partial charge in [-0.2, -0.15) is 0 Å². The first-order valence-electron chi connectivity index (χ1n) is 8.20. The lowest BCUT2D eigenvalue weighted by atomic mass is 10.1. The number of aromatic hydroxyl groups is 2. The van der Waals surface area contributed by atoms with Gasteiger partial charge in [0.2, 0.25) is 0 Å². The molecule has 3 rings (SSSR count). The van der Waals surface area contributed by atoms with E-state index < -0.39 is 4.92 Å². The van der Waals surface area contributed by atoms with E-state index in [0.717, 1.165) is 0 Å². The third-order valence-corrected chi connectivity index (χ3v) is 3.86.